The van der Waals surface area contributed by atoms with Crippen LogP contribution < -0.4 is 4.72 Å². The third-order valence-electron chi connectivity index (χ3n) is 2.20. The Bertz CT molecular complexity index is 273. The summed E-state index contributed by atoms with van der Waals surface area (Å²) < 4.78 is 25.4. The molecule has 84 valence electrons. The standard InChI is InChI=1S/C9H18ClNO2S/c1-7(2)5-8(10)6-11-14(12,13)9-3-4-9/h7-9,11H,3-6H2,1-2H3. The summed E-state index contributed by atoms with van der Waals surface area (Å²) in [5, 5.41) is -0.242. The first kappa shape index (κ1) is 12.3. The zero-order chi connectivity index (χ0) is 10.8. The summed E-state index contributed by atoms with van der Waals surface area (Å²) in [5.74, 6) is 0.503. The Hall–Kier alpha value is 0.200. The molecule has 1 saturated carbocycles. The molecule has 0 aromatic rings. The Morgan fingerprint density at radius 1 is 1.43 bits per heavy atom. The average molecular weight is 240 g/mol. The summed E-state index contributed by atoms with van der Waals surface area (Å²) in [4.78, 5) is 0. The average Bonchev–Trinajstić information content (AvgIpc) is 2.81. The summed E-state index contributed by atoms with van der Waals surface area (Å²) in [6.45, 7) is 4.51. The molecule has 3 nitrogen and oxygen atoms in total. The van der Waals surface area contributed by atoms with E-state index in [1.54, 1.807) is 0 Å². The predicted octanol–water partition coefficient (Wildman–Crippen LogP) is 1.72. The molecule has 1 fully saturated rings. The van der Waals surface area contributed by atoms with Crippen molar-refractivity contribution in [2.24, 2.45) is 5.92 Å². The fourth-order valence-corrected chi connectivity index (χ4v) is 3.25. The van der Waals surface area contributed by atoms with Crippen molar-refractivity contribution in [1.82, 2.24) is 4.72 Å². The lowest BCUT2D eigenvalue weighted by molar-refractivity contribution is 0.544. The van der Waals surface area contributed by atoms with Gasteiger partial charge in [-0.05, 0) is 25.2 Å². The molecule has 1 rings (SSSR count). The van der Waals surface area contributed by atoms with Gasteiger partial charge in [0.1, 0.15) is 0 Å². The first-order valence-electron chi connectivity index (χ1n) is 5.04. The van der Waals surface area contributed by atoms with E-state index < -0.39 is 10.0 Å². The van der Waals surface area contributed by atoms with Crippen molar-refractivity contribution in [2.75, 3.05) is 6.54 Å². The van der Waals surface area contributed by atoms with Gasteiger partial charge in [-0.25, -0.2) is 13.1 Å². The van der Waals surface area contributed by atoms with Gasteiger partial charge in [0, 0.05) is 11.9 Å². The number of hydrogen-bond acceptors (Lipinski definition) is 2. The van der Waals surface area contributed by atoms with Gasteiger partial charge in [0.05, 0.1) is 5.25 Å². The van der Waals surface area contributed by atoms with Crippen LogP contribution in [0.4, 0.5) is 0 Å². The highest BCUT2D eigenvalue weighted by molar-refractivity contribution is 7.90. The van der Waals surface area contributed by atoms with Crippen LogP contribution in [0.25, 0.3) is 0 Å². The monoisotopic (exact) mass is 239 g/mol. The van der Waals surface area contributed by atoms with Crippen LogP contribution in [0.15, 0.2) is 0 Å². The molecule has 0 heterocycles. The molecule has 0 radical (unpaired) electrons. The van der Waals surface area contributed by atoms with Gasteiger partial charge in [-0.1, -0.05) is 13.8 Å². The summed E-state index contributed by atoms with van der Waals surface area (Å²) >= 11 is 5.98. The van der Waals surface area contributed by atoms with Gasteiger partial charge in [-0.3, -0.25) is 0 Å². The largest absolute Gasteiger partial charge is 0.214 e. The van der Waals surface area contributed by atoms with Crippen LogP contribution in [0.3, 0.4) is 0 Å². The maximum Gasteiger partial charge on any atom is 0.214 e. The minimum Gasteiger partial charge on any atom is -0.214 e. The normalized spacial score (nSPS) is 20.0. The Kier molecular flexibility index (Phi) is 4.22. The molecular formula is C9H18ClNO2S. The van der Waals surface area contributed by atoms with Crippen molar-refractivity contribution >= 4 is 21.6 Å². The molecule has 5 heteroatoms. The lowest BCUT2D eigenvalue weighted by Crippen LogP contribution is -2.32. The van der Waals surface area contributed by atoms with Crippen molar-refractivity contribution in [3.05, 3.63) is 0 Å². The molecule has 1 atom stereocenters. The van der Waals surface area contributed by atoms with Gasteiger partial charge < -0.3 is 0 Å². The molecule has 1 aliphatic rings. The minimum absolute atomic E-state index is 0.0940. The number of rotatable bonds is 6. The van der Waals surface area contributed by atoms with Crippen molar-refractivity contribution in [3.63, 3.8) is 0 Å². The van der Waals surface area contributed by atoms with E-state index in [1.807, 2.05) is 0 Å². The van der Waals surface area contributed by atoms with Crippen molar-refractivity contribution < 1.29 is 8.42 Å². The van der Waals surface area contributed by atoms with E-state index in [0.717, 1.165) is 19.3 Å². The van der Waals surface area contributed by atoms with Crippen molar-refractivity contribution in [3.8, 4) is 0 Å². The number of halogens is 1. The molecule has 0 aliphatic heterocycles. The fourth-order valence-electron chi connectivity index (χ4n) is 1.30. The SMILES string of the molecule is CC(C)CC(Cl)CNS(=O)(=O)C1CC1. The van der Waals surface area contributed by atoms with Crippen LogP contribution >= 0.6 is 11.6 Å². The fraction of sp³-hybridized carbons (Fsp3) is 1.00. The third-order valence-corrected chi connectivity index (χ3v) is 4.45. The van der Waals surface area contributed by atoms with Crippen molar-refractivity contribution in [1.29, 1.82) is 0 Å². The van der Waals surface area contributed by atoms with Crippen LogP contribution in [0.1, 0.15) is 33.1 Å². The number of alkyl halides is 1. The topological polar surface area (TPSA) is 46.2 Å². The summed E-state index contributed by atoms with van der Waals surface area (Å²) in [5.41, 5.74) is 0. The van der Waals surface area contributed by atoms with E-state index in [1.165, 1.54) is 0 Å². The summed E-state index contributed by atoms with van der Waals surface area (Å²) in [6.07, 6.45) is 2.44. The second kappa shape index (κ2) is 4.81. The van der Waals surface area contributed by atoms with Crippen molar-refractivity contribution in [2.45, 2.75) is 43.7 Å². The van der Waals surface area contributed by atoms with Crippen LogP contribution in [0.2, 0.25) is 0 Å². The van der Waals surface area contributed by atoms with E-state index in [2.05, 4.69) is 18.6 Å². The number of sulfonamides is 1. The Labute approximate surface area is 91.3 Å². The Morgan fingerprint density at radius 3 is 2.43 bits per heavy atom. The number of nitrogens with one attached hydrogen (secondary N) is 1. The smallest absolute Gasteiger partial charge is 0.214 e. The van der Waals surface area contributed by atoms with Gasteiger partial charge in [-0.2, -0.15) is 0 Å². The highest BCUT2D eigenvalue weighted by atomic mass is 35.5. The van der Waals surface area contributed by atoms with E-state index in [0.29, 0.717) is 12.5 Å². The third kappa shape index (κ3) is 4.15. The highest BCUT2D eigenvalue weighted by Crippen LogP contribution is 2.27. The molecule has 0 bridgehead atoms. The number of hydrogen-bond donors (Lipinski definition) is 1. The maximum atomic E-state index is 11.4. The van der Waals surface area contributed by atoms with E-state index in [4.69, 9.17) is 11.6 Å². The zero-order valence-electron chi connectivity index (χ0n) is 8.66. The van der Waals surface area contributed by atoms with Gasteiger partial charge in [-0.15, -0.1) is 11.6 Å². The van der Waals surface area contributed by atoms with Crippen LogP contribution in [0.5, 0.6) is 0 Å². The first-order chi connectivity index (χ1) is 6.42. The molecule has 0 saturated heterocycles. The summed E-state index contributed by atoms with van der Waals surface area (Å²) in [7, 11) is -3.05. The molecular weight excluding hydrogens is 222 g/mol. The second-order valence-electron chi connectivity index (χ2n) is 4.32. The molecule has 0 aromatic carbocycles. The molecule has 0 spiro atoms. The van der Waals surface area contributed by atoms with Gasteiger partial charge in [0.2, 0.25) is 10.0 Å². The molecule has 1 aliphatic carbocycles. The molecule has 0 aromatic heterocycles. The molecule has 1 unspecified atom stereocenters. The quantitative estimate of drug-likeness (QED) is 0.718. The predicted molar refractivity (Wildman–Crippen MR) is 59.0 cm³/mol. The zero-order valence-corrected chi connectivity index (χ0v) is 10.2. The minimum atomic E-state index is -3.05. The van der Waals surface area contributed by atoms with E-state index in [-0.39, 0.29) is 10.6 Å². The van der Waals surface area contributed by atoms with Crippen LogP contribution in [-0.2, 0) is 10.0 Å². The van der Waals surface area contributed by atoms with Crippen LogP contribution in [0, 0.1) is 5.92 Å². The Morgan fingerprint density at radius 2 is 2.00 bits per heavy atom. The molecule has 0 amide bonds. The van der Waals surface area contributed by atoms with Crippen LogP contribution in [-0.4, -0.2) is 25.6 Å². The van der Waals surface area contributed by atoms with Gasteiger partial charge >= 0.3 is 0 Å². The van der Waals surface area contributed by atoms with Gasteiger partial charge in [0.15, 0.2) is 0 Å². The second-order valence-corrected chi connectivity index (χ2v) is 6.98. The Balaban J connectivity index is 2.25. The summed E-state index contributed by atoms with van der Waals surface area (Å²) in [6, 6.07) is 0. The highest BCUT2D eigenvalue weighted by Gasteiger charge is 2.35. The van der Waals surface area contributed by atoms with E-state index in [9.17, 15) is 8.42 Å². The lowest BCUT2D eigenvalue weighted by atomic mass is 10.1. The lowest BCUT2D eigenvalue weighted by Gasteiger charge is -2.12. The van der Waals surface area contributed by atoms with E-state index >= 15 is 0 Å². The molecule has 14 heavy (non-hydrogen) atoms. The van der Waals surface area contributed by atoms with Gasteiger partial charge in [0.25, 0.3) is 0 Å². The molecule has 1 N–H and O–H groups in total. The maximum absolute atomic E-state index is 11.4. The first-order valence-corrected chi connectivity index (χ1v) is 7.02.